The molecule has 1 rings (SSSR count). The largest absolute Gasteiger partial charge is 0.381 e. The summed E-state index contributed by atoms with van der Waals surface area (Å²) in [5.74, 6) is 1.00. The Balaban J connectivity index is 2.07. The molecule has 0 aliphatic heterocycles. The van der Waals surface area contributed by atoms with Gasteiger partial charge >= 0.3 is 0 Å². The standard InChI is InChI=1S/C16H32O/c1-4-6-7-8-12-17-14-16(3,5-2)13-15-10-9-11-15/h15H,4-14H2,1-3H3. The minimum Gasteiger partial charge on any atom is -0.381 e. The highest BCUT2D eigenvalue weighted by atomic mass is 16.5. The van der Waals surface area contributed by atoms with Crippen molar-refractivity contribution in [2.75, 3.05) is 13.2 Å². The summed E-state index contributed by atoms with van der Waals surface area (Å²) >= 11 is 0. The van der Waals surface area contributed by atoms with Gasteiger partial charge in [-0.25, -0.2) is 0 Å². The molecule has 0 radical (unpaired) electrons. The molecular weight excluding hydrogens is 208 g/mol. The van der Waals surface area contributed by atoms with Crippen LogP contribution in [0.1, 0.15) is 78.6 Å². The number of hydrogen-bond donors (Lipinski definition) is 0. The van der Waals surface area contributed by atoms with Crippen molar-refractivity contribution in [1.29, 1.82) is 0 Å². The predicted molar refractivity (Wildman–Crippen MR) is 75.3 cm³/mol. The van der Waals surface area contributed by atoms with Gasteiger partial charge in [0.1, 0.15) is 0 Å². The van der Waals surface area contributed by atoms with Crippen molar-refractivity contribution < 1.29 is 4.74 Å². The lowest BCUT2D eigenvalue weighted by Gasteiger charge is -2.36. The molecule has 102 valence electrons. The summed E-state index contributed by atoms with van der Waals surface area (Å²) in [7, 11) is 0. The highest BCUT2D eigenvalue weighted by molar-refractivity contribution is 4.80. The van der Waals surface area contributed by atoms with Crippen LogP contribution < -0.4 is 0 Å². The lowest BCUT2D eigenvalue weighted by molar-refractivity contribution is 0.0257. The summed E-state index contributed by atoms with van der Waals surface area (Å²) in [6.07, 6.45) is 12.3. The van der Waals surface area contributed by atoms with Crippen LogP contribution in [-0.4, -0.2) is 13.2 Å². The van der Waals surface area contributed by atoms with Gasteiger partial charge in [-0.3, -0.25) is 0 Å². The van der Waals surface area contributed by atoms with E-state index in [2.05, 4.69) is 20.8 Å². The fourth-order valence-corrected chi connectivity index (χ4v) is 2.65. The van der Waals surface area contributed by atoms with E-state index < -0.39 is 0 Å². The second kappa shape index (κ2) is 8.13. The van der Waals surface area contributed by atoms with Gasteiger partial charge in [0, 0.05) is 6.61 Å². The van der Waals surface area contributed by atoms with Gasteiger partial charge in [0.25, 0.3) is 0 Å². The molecule has 1 nitrogen and oxygen atoms in total. The smallest absolute Gasteiger partial charge is 0.0519 e. The Morgan fingerprint density at radius 3 is 2.41 bits per heavy atom. The predicted octanol–water partition coefficient (Wildman–Crippen LogP) is 5.19. The quantitative estimate of drug-likeness (QED) is 0.477. The molecule has 0 heterocycles. The summed E-state index contributed by atoms with van der Waals surface area (Å²) in [6, 6.07) is 0. The first-order valence-electron chi connectivity index (χ1n) is 7.78. The molecule has 1 aliphatic rings. The first-order chi connectivity index (χ1) is 8.20. The van der Waals surface area contributed by atoms with Crippen LogP contribution >= 0.6 is 0 Å². The van der Waals surface area contributed by atoms with Crippen LogP contribution in [0.3, 0.4) is 0 Å². The molecule has 1 aliphatic carbocycles. The maximum Gasteiger partial charge on any atom is 0.0519 e. The lowest BCUT2D eigenvalue weighted by atomic mass is 9.72. The molecule has 0 aromatic heterocycles. The molecule has 17 heavy (non-hydrogen) atoms. The first kappa shape index (κ1) is 15.0. The molecule has 1 atom stereocenters. The molecule has 0 aromatic rings. The van der Waals surface area contributed by atoms with Crippen LogP contribution in [0.4, 0.5) is 0 Å². The Kier molecular flexibility index (Phi) is 7.18. The second-order valence-electron chi connectivity index (χ2n) is 6.28. The van der Waals surface area contributed by atoms with Gasteiger partial charge in [-0.05, 0) is 30.6 Å². The molecule has 1 heteroatoms. The summed E-state index contributed by atoms with van der Waals surface area (Å²) < 4.78 is 5.91. The van der Waals surface area contributed by atoms with E-state index in [-0.39, 0.29) is 0 Å². The summed E-state index contributed by atoms with van der Waals surface area (Å²) in [4.78, 5) is 0. The normalized spacial score (nSPS) is 19.9. The minimum atomic E-state index is 0.440. The molecule has 0 aromatic carbocycles. The van der Waals surface area contributed by atoms with Crippen molar-refractivity contribution in [3.8, 4) is 0 Å². The van der Waals surface area contributed by atoms with E-state index in [1.54, 1.807) is 0 Å². The Morgan fingerprint density at radius 1 is 1.12 bits per heavy atom. The molecule has 1 fully saturated rings. The van der Waals surface area contributed by atoms with Crippen LogP contribution in [0.5, 0.6) is 0 Å². The van der Waals surface area contributed by atoms with Gasteiger partial charge in [0.2, 0.25) is 0 Å². The summed E-state index contributed by atoms with van der Waals surface area (Å²) in [5, 5.41) is 0. The van der Waals surface area contributed by atoms with Gasteiger partial charge in [0.15, 0.2) is 0 Å². The molecule has 0 bridgehead atoms. The average molecular weight is 240 g/mol. The van der Waals surface area contributed by atoms with Crippen LogP contribution in [0.15, 0.2) is 0 Å². The maximum atomic E-state index is 5.91. The minimum absolute atomic E-state index is 0.440. The highest BCUT2D eigenvalue weighted by Gasteiger charge is 2.29. The van der Waals surface area contributed by atoms with Crippen molar-refractivity contribution >= 4 is 0 Å². The first-order valence-corrected chi connectivity index (χ1v) is 7.78. The third-order valence-electron chi connectivity index (χ3n) is 4.45. The number of rotatable bonds is 10. The van der Waals surface area contributed by atoms with Crippen molar-refractivity contribution in [2.45, 2.75) is 78.6 Å². The van der Waals surface area contributed by atoms with Crippen LogP contribution in [0, 0.1) is 11.3 Å². The fourth-order valence-electron chi connectivity index (χ4n) is 2.65. The zero-order valence-corrected chi connectivity index (χ0v) is 12.3. The maximum absolute atomic E-state index is 5.91. The SMILES string of the molecule is CCCCCCOCC(C)(CC)CC1CCC1. The molecule has 1 saturated carbocycles. The Labute approximate surface area is 108 Å². The molecule has 0 spiro atoms. The summed E-state index contributed by atoms with van der Waals surface area (Å²) in [5.41, 5.74) is 0.440. The van der Waals surface area contributed by atoms with Crippen LogP contribution in [0.25, 0.3) is 0 Å². The Hall–Kier alpha value is -0.0400. The topological polar surface area (TPSA) is 9.23 Å². The van der Waals surface area contributed by atoms with Crippen LogP contribution in [-0.2, 0) is 4.74 Å². The van der Waals surface area contributed by atoms with E-state index >= 15 is 0 Å². The van der Waals surface area contributed by atoms with Crippen molar-refractivity contribution in [3.63, 3.8) is 0 Å². The van der Waals surface area contributed by atoms with E-state index in [0.29, 0.717) is 5.41 Å². The second-order valence-corrected chi connectivity index (χ2v) is 6.28. The van der Waals surface area contributed by atoms with Crippen LogP contribution in [0.2, 0.25) is 0 Å². The molecule has 0 saturated heterocycles. The monoisotopic (exact) mass is 240 g/mol. The van der Waals surface area contributed by atoms with E-state index in [9.17, 15) is 0 Å². The Morgan fingerprint density at radius 2 is 1.88 bits per heavy atom. The average Bonchev–Trinajstić information content (AvgIpc) is 2.29. The number of unbranched alkanes of at least 4 members (excludes halogenated alkanes) is 3. The highest BCUT2D eigenvalue weighted by Crippen LogP contribution is 2.39. The third-order valence-corrected chi connectivity index (χ3v) is 4.45. The van der Waals surface area contributed by atoms with E-state index in [1.165, 1.54) is 57.8 Å². The van der Waals surface area contributed by atoms with E-state index in [1.807, 2.05) is 0 Å². The van der Waals surface area contributed by atoms with Gasteiger partial charge in [0.05, 0.1) is 6.61 Å². The zero-order chi connectivity index (χ0) is 12.6. The van der Waals surface area contributed by atoms with Crippen molar-refractivity contribution in [1.82, 2.24) is 0 Å². The molecular formula is C16H32O. The third kappa shape index (κ3) is 5.90. The molecule has 0 N–H and O–H groups in total. The van der Waals surface area contributed by atoms with Gasteiger partial charge in [-0.1, -0.05) is 59.3 Å². The van der Waals surface area contributed by atoms with E-state index in [0.717, 1.165) is 19.1 Å². The fraction of sp³-hybridized carbons (Fsp3) is 1.00. The van der Waals surface area contributed by atoms with Crippen molar-refractivity contribution in [2.24, 2.45) is 11.3 Å². The van der Waals surface area contributed by atoms with E-state index in [4.69, 9.17) is 4.74 Å². The Bertz CT molecular complexity index is 186. The molecule has 0 amide bonds. The van der Waals surface area contributed by atoms with Crippen molar-refractivity contribution in [3.05, 3.63) is 0 Å². The summed E-state index contributed by atoms with van der Waals surface area (Å²) in [6.45, 7) is 8.94. The number of ether oxygens (including phenoxy) is 1. The zero-order valence-electron chi connectivity index (χ0n) is 12.3. The van der Waals surface area contributed by atoms with Gasteiger partial charge < -0.3 is 4.74 Å². The van der Waals surface area contributed by atoms with Gasteiger partial charge in [-0.15, -0.1) is 0 Å². The molecule has 1 unspecified atom stereocenters. The number of hydrogen-bond acceptors (Lipinski definition) is 1. The lowest BCUT2D eigenvalue weighted by Crippen LogP contribution is -2.28. The van der Waals surface area contributed by atoms with Gasteiger partial charge in [-0.2, -0.15) is 0 Å².